The van der Waals surface area contributed by atoms with Crippen LogP contribution in [0.15, 0.2) is 36.7 Å². The molecule has 1 aliphatic carbocycles. The molecule has 1 N–H and O–H groups in total. The van der Waals surface area contributed by atoms with Crippen molar-refractivity contribution in [2.45, 2.75) is 31.7 Å². The van der Waals surface area contributed by atoms with E-state index in [0.29, 0.717) is 17.1 Å². The molecule has 1 aliphatic rings. The third-order valence-corrected chi connectivity index (χ3v) is 4.01. The number of nitrogens with one attached hydrogen (secondary N) is 1. The van der Waals surface area contributed by atoms with E-state index in [1.165, 1.54) is 25.4 Å². The lowest BCUT2D eigenvalue weighted by Crippen LogP contribution is -2.43. The summed E-state index contributed by atoms with van der Waals surface area (Å²) >= 11 is 0. The Labute approximate surface area is 122 Å². The fraction of sp³-hybridized carbons (Fsp3) is 0.312. The molecule has 0 atom stereocenters. The third-order valence-electron chi connectivity index (χ3n) is 4.01. The molecule has 0 bridgehead atoms. The quantitative estimate of drug-likeness (QED) is 0.876. The highest BCUT2D eigenvalue weighted by Crippen LogP contribution is 2.44. The fourth-order valence-corrected chi connectivity index (χ4v) is 2.63. The summed E-state index contributed by atoms with van der Waals surface area (Å²) in [5.74, 6) is 0.127. The van der Waals surface area contributed by atoms with Crippen LogP contribution in [0.4, 0.5) is 10.3 Å². The van der Waals surface area contributed by atoms with Crippen LogP contribution in [-0.2, 0) is 5.54 Å². The van der Waals surface area contributed by atoms with Gasteiger partial charge in [-0.2, -0.15) is 0 Å². The Balaban J connectivity index is 1.88. The van der Waals surface area contributed by atoms with Crippen molar-refractivity contribution in [2.24, 2.45) is 0 Å². The van der Waals surface area contributed by atoms with Crippen molar-refractivity contribution in [1.29, 1.82) is 0 Å². The molecule has 3 rings (SSSR count). The van der Waals surface area contributed by atoms with Crippen molar-refractivity contribution in [3.05, 3.63) is 53.6 Å². The average Bonchev–Trinajstić information content (AvgIpc) is 2.44. The number of anilines is 1. The van der Waals surface area contributed by atoms with Gasteiger partial charge in [-0.3, -0.25) is 4.79 Å². The van der Waals surface area contributed by atoms with E-state index in [9.17, 15) is 9.18 Å². The maximum Gasteiger partial charge on any atom is 0.223 e. The zero-order chi connectivity index (χ0) is 14.9. The van der Waals surface area contributed by atoms with Crippen molar-refractivity contribution in [1.82, 2.24) is 9.97 Å². The molecule has 0 radical (unpaired) electrons. The summed E-state index contributed by atoms with van der Waals surface area (Å²) in [6, 6.07) is 6.78. The maximum atomic E-state index is 14.1. The molecule has 0 unspecified atom stereocenters. The minimum atomic E-state index is -0.441. The first-order valence-corrected chi connectivity index (χ1v) is 6.97. The Kier molecular flexibility index (Phi) is 3.41. The second-order valence-electron chi connectivity index (χ2n) is 5.39. The fourth-order valence-electron chi connectivity index (χ4n) is 2.63. The Bertz CT molecular complexity index is 665. The minimum Gasteiger partial charge on any atom is -0.345 e. The summed E-state index contributed by atoms with van der Waals surface area (Å²) < 4.78 is 14.1. The van der Waals surface area contributed by atoms with E-state index in [0.717, 1.165) is 19.3 Å². The van der Waals surface area contributed by atoms with Crippen LogP contribution < -0.4 is 5.32 Å². The summed E-state index contributed by atoms with van der Waals surface area (Å²) in [7, 11) is 0. The number of hydrogen-bond donors (Lipinski definition) is 1. The summed E-state index contributed by atoms with van der Waals surface area (Å²) in [5, 5.41) is 3.24. The molecular weight excluding hydrogens is 269 g/mol. The first-order chi connectivity index (χ1) is 10.1. The highest BCUT2D eigenvalue weighted by molar-refractivity contribution is 5.93. The normalized spacial score (nSPS) is 16.1. The van der Waals surface area contributed by atoms with Crippen molar-refractivity contribution >= 4 is 11.7 Å². The van der Waals surface area contributed by atoms with Gasteiger partial charge in [-0.25, -0.2) is 14.4 Å². The molecule has 5 heteroatoms. The summed E-state index contributed by atoms with van der Waals surface area (Å²) in [6.07, 6.45) is 5.70. The lowest BCUT2D eigenvalue weighted by atomic mass is 9.71. The lowest BCUT2D eigenvalue weighted by molar-refractivity contribution is 0.101. The van der Waals surface area contributed by atoms with Crippen LogP contribution in [0.25, 0.3) is 0 Å². The number of ketones is 1. The highest BCUT2D eigenvalue weighted by atomic mass is 19.1. The Morgan fingerprint density at radius 3 is 2.43 bits per heavy atom. The maximum absolute atomic E-state index is 14.1. The molecule has 108 valence electrons. The molecule has 1 heterocycles. The predicted molar refractivity (Wildman–Crippen MR) is 77.6 cm³/mol. The highest BCUT2D eigenvalue weighted by Gasteiger charge is 2.41. The van der Waals surface area contributed by atoms with Crippen LogP contribution in [0.5, 0.6) is 0 Å². The minimum absolute atomic E-state index is 0.0750. The van der Waals surface area contributed by atoms with E-state index in [1.807, 2.05) is 6.07 Å². The van der Waals surface area contributed by atoms with Gasteiger partial charge < -0.3 is 5.32 Å². The monoisotopic (exact) mass is 285 g/mol. The largest absolute Gasteiger partial charge is 0.345 e. The van der Waals surface area contributed by atoms with Crippen LogP contribution >= 0.6 is 0 Å². The van der Waals surface area contributed by atoms with Crippen molar-refractivity contribution < 1.29 is 9.18 Å². The second kappa shape index (κ2) is 5.24. The lowest BCUT2D eigenvalue weighted by Gasteiger charge is -2.43. The van der Waals surface area contributed by atoms with E-state index in [-0.39, 0.29) is 11.6 Å². The molecule has 0 saturated heterocycles. The van der Waals surface area contributed by atoms with Gasteiger partial charge in [0.25, 0.3) is 0 Å². The van der Waals surface area contributed by atoms with Crippen LogP contribution in [0.1, 0.15) is 42.1 Å². The van der Waals surface area contributed by atoms with E-state index in [1.54, 1.807) is 12.1 Å². The van der Waals surface area contributed by atoms with Gasteiger partial charge >= 0.3 is 0 Å². The van der Waals surface area contributed by atoms with Crippen molar-refractivity contribution in [3.63, 3.8) is 0 Å². The number of hydrogen-bond acceptors (Lipinski definition) is 4. The Hall–Kier alpha value is -2.30. The summed E-state index contributed by atoms with van der Waals surface area (Å²) in [5.41, 5.74) is 0.674. The smallest absolute Gasteiger partial charge is 0.223 e. The zero-order valence-electron chi connectivity index (χ0n) is 11.8. The van der Waals surface area contributed by atoms with Crippen molar-refractivity contribution in [3.8, 4) is 0 Å². The third kappa shape index (κ3) is 2.51. The number of carbonyl (C=O) groups excluding carboxylic acids is 1. The van der Waals surface area contributed by atoms with Gasteiger partial charge in [-0.1, -0.05) is 18.2 Å². The standard InChI is InChI=1S/C16H16FN3O/c1-11(21)12-9-18-15(19-10-12)20-16(7-4-8-16)13-5-2-3-6-14(13)17/h2-3,5-6,9-10H,4,7-8H2,1H3,(H,18,19,20). The van der Waals surface area contributed by atoms with Gasteiger partial charge in [0.1, 0.15) is 5.82 Å². The van der Waals surface area contributed by atoms with Gasteiger partial charge in [0.05, 0.1) is 11.1 Å². The average molecular weight is 285 g/mol. The molecule has 1 aromatic carbocycles. The zero-order valence-corrected chi connectivity index (χ0v) is 11.8. The molecule has 1 saturated carbocycles. The van der Waals surface area contributed by atoms with Crippen LogP contribution in [-0.4, -0.2) is 15.8 Å². The molecule has 0 aliphatic heterocycles. The number of carbonyl (C=O) groups is 1. The first kappa shape index (κ1) is 13.7. The number of rotatable bonds is 4. The van der Waals surface area contributed by atoms with Gasteiger partial charge in [0.15, 0.2) is 5.78 Å². The predicted octanol–water partition coefficient (Wildman–Crippen LogP) is 3.31. The summed E-state index contributed by atoms with van der Waals surface area (Å²) in [4.78, 5) is 19.5. The molecule has 2 aromatic rings. The molecule has 0 spiro atoms. The van der Waals surface area contributed by atoms with Gasteiger partial charge in [-0.05, 0) is 32.3 Å². The number of nitrogens with zero attached hydrogens (tertiary/aromatic N) is 2. The molecule has 4 nitrogen and oxygen atoms in total. The van der Waals surface area contributed by atoms with Crippen LogP contribution in [0.2, 0.25) is 0 Å². The summed E-state index contributed by atoms with van der Waals surface area (Å²) in [6.45, 7) is 1.47. The molecule has 21 heavy (non-hydrogen) atoms. The van der Waals surface area contributed by atoms with E-state index < -0.39 is 5.54 Å². The molecule has 1 fully saturated rings. The number of benzene rings is 1. The Morgan fingerprint density at radius 1 is 1.24 bits per heavy atom. The van der Waals surface area contributed by atoms with E-state index in [2.05, 4.69) is 15.3 Å². The van der Waals surface area contributed by atoms with Crippen LogP contribution in [0, 0.1) is 5.82 Å². The SMILES string of the molecule is CC(=O)c1cnc(NC2(c3ccccc3F)CCC2)nc1. The topological polar surface area (TPSA) is 54.9 Å². The molecule has 1 aromatic heterocycles. The first-order valence-electron chi connectivity index (χ1n) is 6.97. The number of Topliss-reactive ketones (excluding diaryl/α,β-unsaturated/α-hetero) is 1. The molecule has 0 amide bonds. The second-order valence-corrected chi connectivity index (χ2v) is 5.39. The van der Waals surface area contributed by atoms with Gasteiger partial charge in [0, 0.05) is 18.0 Å². The van der Waals surface area contributed by atoms with Crippen molar-refractivity contribution in [2.75, 3.05) is 5.32 Å². The Morgan fingerprint density at radius 2 is 1.90 bits per heavy atom. The van der Waals surface area contributed by atoms with Gasteiger partial charge in [0.2, 0.25) is 5.95 Å². The van der Waals surface area contributed by atoms with Crippen LogP contribution in [0.3, 0.4) is 0 Å². The molecular formula is C16H16FN3O. The van der Waals surface area contributed by atoms with E-state index >= 15 is 0 Å². The number of halogens is 1. The van der Waals surface area contributed by atoms with E-state index in [4.69, 9.17) is 0 Å². The number of aromatic nitrogens is 2. The van der Waals surface area contributed by atoms with Gasteiger partial charge in [-0.15, -0.1) is 0 Å².